The first-order chi connectivity index (χ1) is 9.16. The van der Waals surface area contributed by atoms with Crippen LogP contribution in [0, 0.1) is 0 Å². The number of hydrogen-bond donors (Lipinski definition) is 1. The number of unbranched alkanes of at least 4 members (excludes halogenated alkanes) is 2. The molecule has 3 heteroatoms. The highest BCUT2D eigenvalue weighted by atomic mass is 16.6. The molecule has 3 nitrogen and oxygen atoms in total. The zero-order valence-electron chi connectivity index (χ0n) is 11.3. The van der Waals surface area contributed by atoms with Crippen molar-refractivity contribution in [3.05, 3.63) is 47.7 Å². The van der Waals surface area contributed by atoms with Crippen LogP contribution in [0.2, 0.25) is 0 Å². The number of carbonyl (C=O) groups excluding carboxylic acids is 1. The van der Waals surface area contributed by atoms with Crippen LogP contribution in [0.4, 0.5) is 0 Å². The van der Waals surface area contributed by atoms with E-state index < -0.39 is 11.6 Å². The second kappa shape index (κ2) is 5.91. The average molecular weight is 260 g/mol. The fraction of sp³-hybridized carbons (Fsp3) is 0.438. The molecule has 0 amide bonds. The molecule has 0 aliphatic carbocycles. The van der Waals surface area contributed by atoms with Gasteiger partial charge in [0.2, 0.25) is 0 Å². The van der Waals surface area contributed by atoms with Crippen molar-refractivity contribution in [2.24, 2.45) is 0 Å². The van der Waals surface area contributed by atoms with Gasteiger partial charge in [0.1, 0.15) is 11.4 Å². The molecule has 1 unspecified atom stereocenters. The maximum Gasteiger partial charge on any atom is 0.335 e. The zero-order chi connectivity index (χ0) is 13.7. The summed E-state index contributed by atoms with van der Waals surface area (Å²) in [5.74, 6) is -0.347. The van der Waals surface area contributed by atoms with Gasteiger partial charge >= 0.3 is 5.97 Å². The molecule has 0 fully saturated rings. The Kier molecular flexibility index (Phi) is 4.25. The van der Waals surface area contributed by atoms with Gasteiger partial charge in [0.05, 0.1) is 6.08 Å². The molecule has 0 saturated carbocycles. The first-order valence-electron chi connectivity index (χ1n) is 6.84. The molecule has 1 aromatic rings. The quantitative estimate of drug-likeness (QED) is 0.646. The number of rotatable bonds is 5. The Balaban J connectivity index is 2.28. The van der Waals surface area contributed by atoms with E-state index in [-0.39, 0.29) is 5.76 Å². The number of ether oxygens (including phenoxy) is 1. The Labute approximate surface area is 113 Å². The smallest absolute Gasteiger partial charge is 0.335 e. The Morgan fingerprint density at radius 2 is 2.00 bits per heavy atom. The predicted molar refractivity (Wildman–Crippen MR) is 73.7 cm³/mol. The molecule has 1 N–H and O–H groups in total. The maximum atomic E-state index is 11.6. The summed E-state index contributed by atoms with van der Waals surface area (Å²) in [4.78, 5) is 11.6. The largest absolute Gasteiger partial charge is 0.512 e. The third-order valence-electron chi connectivity index (χ3n) is 3.53. The summed E-state index contributed by atoms with van der Waals surface area (Å²) < 4.78 is 5.60. The van der Waals surface area contributed by atoms with Crippen molar-refractivity contribution in [1.82, 2.24) is 0 Å². The van der Waals surface area contributed by atoms with E-state index in [4.69, 9.17) is 4.74 Å². The standard InChI is InChI=1S/C16H20O3/c1-2-3-7-10-16(13-8-5-4-6-9-13)12-14(17)11-15(18)19-16/h4-6,8-9,11,17H,2-3,7,10,12H2,1H3. The minimum Gasteiger partial charge on any atom is -0.512 e. The lowest BCUT2D eigenvalue weighted by atomic mass is 9.83. The Hall–Kier alpha value is -1.77. The number of cyclic esters (lactones) is 1. The van der Waals surface area contributed by atoms with Crippen LogP contribution in [0.15, 0.2) is 42.2 Å². The van der Waals surface area contributed by atoms with Crippen LogP contribution < -0.4 is 0 Å². The van der Waals surface area contributed by atoms with Gasteiger partial charge in [-0.3, -0.25) is 0 Å². The normalized spacial score (nSPS) is 22.8. The summed E-state index contributed by atoms with van der Waals surface area (Å²) in [7, 11) is 0. The van der Waals surface area contributed by atoms with E-state index in [9.17, 15) is 9.90 Å². The van der Waals surface area contributed by atoms with Crippen molar-refractivity contribution in [3.8, 4) is 0 Å². The molecule has 0 saturated heterocycles. The molecule has 19 heavy (non-hydrogen) atoms. The molecule has 0 spiro atoms. The maximum absolute atomic E-state index is 11.6. The first kappa shape index (κ1) is 13.7. The summed E-state index contributed by atoms with van der Waals surface area (Å²) in [6, 6.07) is 9.71. The summed E-state index contributed by atoms with van der Waals surface area (Å²) in [6.45, 7) is 2.14. The van der Waals surface area contributed by atoms with Gasteiger partial charge in [-0.2, -0.15) is 0 Å². The highest BCUT2D eigenvalue weighted by Crippen LogP contribution is 2.39. The molecule has 0 aromatic heterocycles. The summed E-state index contributed by atoms with van der Waals surface area (Å²) >= 11 is 0. The predicted octanol–water partition coefficient (Wildman–Crippen LogP) is 3.85. The van der Waals surface area contributed by atoms with Crippen LogP contribution in [0.3, 0.4) is 0 Å². The first-order valence-corrected chi connectivity index (χ1v) is 6.84. The summed E-state index contributed by atoms with van der Waals surface area (Å²) in [6.07, 6.45) is 5.46. The minimum atomic E-state index is -0.702. The van der Waals surface area contributed by atoms with Crippen molar-refractivity contribution in [2.45, 2.75) is 44.6 Å². The Bertz CT molecular complexity index is 464. The highest BCUT2D eigenvalue weighted by molar-refractivity contribution is 5.84. The van der Waals surface area contributed by atoms with Crippen LogP contribution in [-0.4, -0.2) is 11.1 Å². The fourth-order valence-corrected chi connectivity index (χ4v) is 2.58. The molecular weight excluding hydrogens is 240 g/mol. The van der Waals surface area contributed by atoms with Gasteiger partial charge in [-0.25, -0.2) is 4.79 Å². The monoisotopic (exact) mass is 260 g/mol. The third kappa shape index (κ3) is 3.16. The van der Waals surface area contributed by atoms with E-state index in [2.05, 4.69) is 6.92 Å². The number of aliphatic hydroxyl groups excluding tert-OH is 1. The molecule has 0 bridgehead atoms. The van der Waals surface area contributed by atoms with Crippen LogP contribution in [-0.2, 0) is 15.1 Å². The van der Waals surface area contributed by atoms with Crippen molar-refractivity contribution in [2.75, 3.05) is 0 Å². The Morgan fingerprint density at radius 3 is 2.63 bits per heavy atom. The van der Waals surface area contributed by atoms with Crippen LogP contribution in [0.5, 0.6) is 0 Å². The molecule has 1 atom stereocenters. The molecule has 2 rings (SSSR count). The van der Waals surface area contributed by atoms with E-state index in [1.165, 1.54) is 6.08 Å². The van der Waals surface area contributed by atoms with Gasteiger partial charge in [-0.15, -0.1) is 0 Å². The molecule has 0 radical (unpaired) electrons. The second-order valence-electron chi connectivity index (χ2n) is 5.05. The van der Waals surface area contributed by atoms with Gasteiger partial charge in [-0.1, -0.05) is 50.1 Å². The lowest BCUT2D eigenvalue weighted by Gasteiger charge is -2.36. The van der Waals surface area contributed by atoms with E-state index in [1.807, 2.05) is 30.3 Å². The lowest BCUT2D eigenvalue weighted by Crippen LogP contribution is -2.35. The second-order valence-corrected chi connectivity index (χ2v) is 5.05. The number of carbonyl (C=O) groups is 1. The van der Waals surface area contributed by atoms with Gasteiger partial charge in [-0.05, 0) is 18.4 Å². The zero-order valence-corrected chi connectivity index (χ0v) is 11.3. The minimum absolute atomic E-state index is 0.108. The van der Waals surface area contributed by atoms with Crippen molar-refractivity contribution < 1.29 is 14.6 Å². The van der Waals surface area contributed by atoms with Crippen LogP contribution in [0.1, 0.15) is 44.6 Å². The van der Waals surface area contributed by atoms with Crippen molar-refractivity contribution in [1.29, 1.82) is 0 Å². The lowest BCUT2D eigenvalue weighted by molar-refractivity contribution is -0.159. The molecular formula is C16H20O3. The number of hydrogen-bond acceptors (Lipinski definition) is 3. The number of benzene rings is 1. The highest BCUT2D eigenvalue weighted by Gasteiger charge is 2.39. The van der Waals surface area contributed by atoms with Gasteiger partial charge < -0.3 is 9.84 Å². The van der Waals surface area contributed by atoms with Crippen LogP contribution in [0.25, 0.3) is 0 Å². The molecule has 1 heterocycles. The summed E-state index contributed by atoms with van der Waals surface area (Å²) in [5.41, 5.74) is 0.255. The fourth-order valence-electron chi connectivity index (χ4n) is 2.58. The molecule has 1 aromatic carbocycles. The number of aliphatic hydroxyl groups is 1. The summed E-state index contributed by atoms with van der Waals surface area (Å²) in [5, 5.41) is 9.79. The van der Waals surface area contributed by atoms with E-state index in [0.717, 1.165) is 31.2 Å². The molecule has 1 aliphatic rings. The number of esters is 1. The average Bonchev–Trinajstić information content (AvgIpc) is 2.39. The van der Waals surface area contributed by atoms with E-state index in [0.29, 0.717) is 6.42 Å². The third-order valence-corrected chi connectivity index (χ3v) is 3.53. The topological polar surface area (TPSA) is 46.5 Å². The SMILES string of the molecule is CCCCCC1(c2ccccc2)CC(O)=CC(=O)O1. The van der Waals surface area contributed by atoms with Gasteiger partial charge in [0.25, 0.3) is 0 Å². The van der Waals surface area contributed by atoms with Crippen LogP contribution >= 0.6 is 0 Å². The van der Waals surface area contributed by atoms with E-state index >= 15 is 0 Å². The van der Waals surface area contributed by atoms with Crippen molar-refractivity contribution >= 4 is 5.97 Å². The van der Waals surface area contributed by atoms with Gasteiger partial charge in [0.15, 0.2) is 0 Å². The molecule has 1 aliphatic heterocycles. The van der Waals surface area contributed by atoms with Gasteiger partial charge in [0, 0.05) is 6.42 Å². The molecule has 102 valence electrons. The Morgan fingerprint density at radius 1 is 1.26 bits per heavy atom. The van der Waals surface area contributed by atoms with E-state index in [1.54, 1.807) is 0 Å². The van der Waals surface area contributed by atoms with Crippen molar-refractivity contribution in [3.63, 3.8) is 0 Å².